The number of likely N-dealkylation sites (tertiary alicyclic amines) is 1. The van der Waals surface area contributed by atoms with Gasteiger partial charge in [-0.15, -0.1) is 0 Å². The smallest absolute Gasteiger partial charge is 0.161 e. The average molecular weight is 407 g/mol. The highest BCUT2D eigenvalue weighted by atomic mass is 35.5. The lowest BCUT2D eigenvalue weighted by Gasteiger charge is -2.23. The molecule has 0 spiro atoms. The molecular weight excluding hydrogens is 379 g/mol. The highest BCUT2D eigenvalue weighted by Crippen LogP contribution is 2.30. The maximum atomic E-state index is 13.9. The van der Waals surface area contributed by atoms with Crippen LogP contribution in [0.3, 0.4) is 0 Å². The molecule has 1 heterocycles. The van der Waals surface area contributed by atoms with Gasteiger partial charge in [-0.2, -0.15) is 0 Å². The summed E-state index contributed by atoms with van der Waals surface area (Å²) >= 11 is 6.06. The number of hydrogen-bond acceptors (Lipinski definition) is 4. The standard InChI is InChI=1S/C22H28ClFN2O2/c1-3-26-11-5-6-17(26)14-25-13-16-9-10-21(22(12-16)27-2)28-15-18-19(23)7-4-8-20(18)24/h4,7-10,12,17,25H,3,5-6,11,13-15H2,1-2H3/t17-/m1/s1. The molecule has 1 saturated heterocycles. The molecule has 28 heavy (non-hydrogen) atoms. The highest BCUT2D eigenvalue weighted by molar-refractivity contribution is 6.31. The fourth-order valence-corrected chi connectivity index (χ4v) is 3.90. The fraction of sp³-hybridized carbons (Fsp3) is 0.455. The van der Waals surface area contributed by atoms with Gasteiger partial charge in [0, 0.05) is 24.7 Å². The molecule has 0 saturated carbocycles. The van der Waals surface area contributed by atoms with E-state index in [4.69, 9.17) is 21.1 Å². The average Bonchev–Trinajstić information content (AvgIpc) is 3.15. The molecule has 0 bridgehead atoms. The van der Waals surface area contributed by atoms with Crippen LogP contribution in [0, 0.1) is 5.82 Å². The Balaban J connectivity index is 1.57. The molecule has 1 aliphatic heterocycles. The summed E-state index contributed by atoms with van der Waals surface area (Å²) in [6.45, 7) is 6.33. The van der Waals surface area contributed by atoms with Gasteiger partial charge < -0.3 is 14.8 Å². The first-order valence-corrected chi connectivity index (χ1v) is 10.2. The molecule has 4 nitrogen and oxygen atoms in total. The Bertz CT molecular complexity index is 767. The second-order valence-electron chi connectivity index (χ2n) is 7.03. The van der Waals surface area contributed by atoms with E-state index in [2.05, 4.69) is 17.1 Å². The lowest BCUT2D eigenvalue weighted by Crippen LogP contribution is -2.37. The van der Waals surface area contributed by atoms with Crippen LogP contribution in [0.2, 0.25) is 5.02 Å². The van der Waals surface area contributed by atoms with Crippen molar-refractivity contribution >= 4 is 11.6 Å². The zero-order chi connectivity index (χ0) is 19.9. The quantitative estimate of drug-likeness (QED) is 0.657. The number of nitrogens with zero attached hydrogens (tertiary/aromatic N) is 1. The molecule has 0 amide bonds. The van der Waals surface area contributed by atoms with Gasteiger partial charge in [0.05, 0.1) is 12.1 Å². The lowest BCUT2D eigenvalue weighted by molar-refractivity contribution is 0.259. The SMILES string of the molecule is CCN1CCC[C@@H]1CNCc1ccc(OCc2c(F)cccc2Cl)c(OC)c1. The Morgan fingerprint density at radius 2 is 2.11 bits per heavy atom. The van der Waals surface area contributed by atoms with E-state index >= 15 is 0 Å². The number of methoxy groups -OCH3 is 1. The maximum Gasteiger partial charge on any atom is 0.161 e. The van der Waals surface area contributed by atoms with Crippen LogP contribution in [0.25, 0.3) is 0 Å². The number of hydrogen-bond donors (Lipinski definition) is 1. The largest absolute Gasteiger partial charge is 0.493 e. The van der Waals surface area contributed by atoms with Gasteiger partial charge in [-0.25, -0.2) is 4.39 Å². The highest BCUT2D eigenvalue weighted by Gasteiger charge is 2.22. The second kappa shape index (κ2) is 10.1. The van der Waals surface area contributed by atoms with Gasteiger partial charge in [0.2, 0.25) is 0 Å². The number of halogens is 2. The topological polar surface area (TPSA) is 33.7 Å². The van der Waals surface area contributed by atoms with E-state index in [0.29, 0.717) is 28.1 Å². The van der Waals surface area contributed by atoms with Crippen molar-refractivity contribution in [1.82, 2.24) is 10.2 Å². The Morgan fingerprint density at radius 3 is 2.86 bits per heavy atom. The monoisotopic (exact) mass is 406 g/mol. The van der Waals surface area contributed by atoms with Gasteiger partial charge >= 0.3 is 0 Å². The molecule has 1 N–H and O–H groups in total. The first kappa shape index (κ1) is 20.9. The van der Waals surface area contributed by atoms with Gasteiger partial charge in [0.25, 0.3) is 0 Å². The zero-order valence-corrected chi connectivity index (χ0v) is 17.3. The van der Waals surface area contributed by atoms with E-state index in [0.717, 1.165) is 25.2 Å². The van der Waals surface area contributed by atoms with E-state index in [-0.39, 0.29) is 12.4 Å². The Labute approximate surface area is 171 Å². The molecule has 2 aromatic rings. The molecule has 6 heteroatoms. The van der Waals surface area contributed by atoms with E-state index in [1.54, 1.807) is 19.2 Å². The van der Waals surface area contributed by atoms with E-state index < -0.39 is 0 Å². The second-order valence-corrected chi connectivity index (χ2v) is 7.44. The molecular formula is C22H28ClFN2O2. The Morgan fingerprint density at radius 1 is 1.25 bits per heavy atom. The summed E-state index contributed by atoms with van der Waals surface area (Å²) in [5, 5.41) is 3.90. The van der Waals surface area contributed by atoms with Crippen molar-refractivity contribution in [3.63, 3.8) is 0 Å². The minimum atomic E-state index is -0.375. The molecule has 152 valence electrons. The van der Waals surface area contributed by atoms with Gasteiger partial charge in [-0.1, -0.05) is 30.7 Å². The first-order chi connectivity index (χ1) is 13.6. The summed E-state index contributed by atoms with van der Waals surface area (Å²) in [4.78, 5) is 2.53. The van der Waals surface area contributed by atoms with Crippen molar-refractivity contribution in [2.45, 2.75) is 39.0 Å². The molecule has 1 atom stereocenters. The molecule has 0 unspecified atom stereocenters. The number of nitrogens with one attached hydrogen (secondary N) is 1. The number of rotatable bonds is 9. The lowest BCUT2D eigenvalue weighted by atomic mass is 10.1. The van der Waals surface area contributed by atoms with Crippen molar-refractivity contribution in [2.24, 2.45) is 0 Å². The van der Waals surface area contributed by atoms with E-state index in [1.165, 1.54) is 25.5 Å². The van der Waals surface area contributed by atoms with Crippen LogP contribution >= 0.6 is 11.6 Å². The summed E-state index contributed by atoms with van der Waals surface area (Å²) in [6, 6.07) is 11.0. The van der Waals surface area contributed by atoms with Crippen LogP contribution in [-0.4, -0.2) is 37.7 Å². The molecule has 0 aliphatic carbocycles. The predicted molar refractivity (Wildman–Crippen MR) is 111 cm³/mol. The minimum absolute atomic E-state index is 0.0496. The normalized spacial score (nSPS) is 17.1. The molecule has 3 rings (SSSR count). The van der Waals surface area contributed by atoms with Crippen LogP contribution in [0.1, 0.15) is 30.9 Å². The van der Waals surface area contributed by atoms with Crippen molar-refractivity contribution in [3.8, 4) is 11.5 Å². The molecule has 2 aromatic carbocycles. The van der Waals surface area contributed by atoms with Crippen LogP contribution in [-0.2, 0) is 13.2 Å². The number of ether oxygens (including phenoxy) is 2. The maximum absolute atomic E-state index is 13.9. The van der Waals surface area contributed by atoms with Crippen molar-refractivity contribution in [1.29, 1.82) is 0 Å². The molecule has 1 aliphatic rings. The number of likely N-dealkylation sites (N-methyl/N-ethyl adjacent to an activating group) is 1. The molecule has 0 radical (unpaired) electrons. The minimum Gasteiger partial charge on any atom is -0.493 e. The summed E-state index contributed by atoms with van der Waals surface area (Å²) in [7, 11) is 1.60. The van der Waals surface area contributed by atoms with Crippen LogP contribution < -0.4 is 14.8 Å². The fourth-order valence-electron chi connectivity index (χ4n) is 3.69. The molecule has 0 aromatic heterocycles. The van der Waals surface area contributed by atoms with Gasteiger partial charge in [0.15, 0.2) is 11.5 Å². The third-order valence-electron chi connectivity index (χ3n) is 5.28. The van der Waals surface area contributed by atoms with Crippen molar-refractivity contribution < 1.29 is 13.9 Å². The summed E-state index contributed by atoms with van der Waals surface area (Å²) < 4.78 is 25.1. The summed E-state index contributed by atoms with van der Waals surface area (Å²) in [5.74, 6) is 0.821. The van der Waals surface area contributed by atoms with Crippen LogP contribution in [0.15, 0.2) is 36.4 Å². The van der Waals surface area contributed by atoms with E-state index in [9.17, 15) is 4.39 Å². The Hall–Kier alpha value is -1.82. The van der Waals surface area contributed by atoms with Crippen LogP contribution in [0.5, 0.6) is 11.5 Å². The summed E-state index contributed by atoms with van der Waals surface area (Å²) in [5.41, 5.74) is 1.46. The summed E-state index contributed by atoms with van der Waals surface area (Å²) in [6.07, 6.45) is 2.54. The van der Waals surface area contributed by atoms with Gasteiger partial charge in [0.1, 0.15) is 12.4 Å². The zero-order valence-electron chi connectivity index (χ0n) is 16.5. The third-order valence-corrected chi connectivity index (χ3v) is 5.63. The first-order valence-electron chi connectivity index (χ1n) is 9.79. The molecule has 1 fully saturated rings. The van der Waals surface area contributed by atoms with Crippen LogP contribution in [0.4, 0.5) is 4.39 Å². The Kier molecular flexibility index (Phi) is 7.54. The van der Waals surface area contributed by atoms with Gasteiger partial charge in [-0.05, 0) is 55.8 Å². The number of benzene rings is 2. The predicted octanol–water partition coefficient (Wildman–Crippen LogP) is 4.64. The van der Waals surface area contributed by atoms with E-state index in [1.807, 2.05) is 18.2 Å². The van der Waals surface area contributed by atoms with Crippen molar-refractivity contribution in [3.05, 3.63) is 58.4 Å². The van der Waals surface area contributed by atoms with Crippen molar-refractivity contribution in [2.75, 3.05) is 26.7 Å². The third kappa shape index (κ3) is 5.16. The van der Waals surface area contributed by atoms with Gasteiger partial charge in [-0.3, -0.25) is 4.90 Å².